The summed E-state index contributed by atoms with van der Waals surface area (Å²) in [6.07, 6.45) is 8.55. The first-order valence-electron chi connectivity index (χ1n) is 6.36. The second-order valence-corrected chi connectivity index (χ2v) is 5.29. The van der Waals surface area contributed by atoms with E-state index in [4.69, 9.17) is 0 Å². The first-order chi connectivity index (χ1) is 8.79. The van der Waals surface area contributed by atoms with Gasteiger partial charge in [-0.05, 0) is 34.3 Å². The monoisotopic (exact) mass is 304 g/mol. The van der Waals surface area contributed by atoms with E-state index in [2.05, 4.69) is 57.1 Å². The van der Waals surface area contributed by atoms with Crippen LogP contribution in [0.5, 0.6) is 0 Å². The molecule has 0 amide bonds. The molecule has 18 heavy (non-hydrogen) atoms. The van der Waals surface area contributed by atoms with Crippen molar-refractivity contribution in [3.8, 4) is 11.4 Å². The van der Waals surface area contributed by atoms with E-state index >= 15 is 0 Å². The molecule has 0 fully saturated rings. The summed E-state index contributed by atoms with van der Waals surface area (Å²) in [6, 6.07) is 8.56. The Hall–Kier alpha value is -1.22. The molecule has 3 heteroatoms. The van der Waals surface area contributed by atoms with Crippen molar-refractivity contribution < 1.29 is 0 Å². The highest BCUT2D eigenvalue weighted by Gasteiger charge is 2.01. The predicted octanol–water partition coefficient (Wildman–Crippen LogP) is 4.64. The summed E-state index contributed by atoms with van der Waals surface area (Å²) in [5.74, 6) is 0.776. The minimum absolute atomic E-state index is 0.776. The van der Waals surface area contributed by atoms with Crippen LogP contribution in [0.25, 0.3) is 11.4 Å². The van der Waals surface area contributed by atoms with Crippen molar-refractivity contribution in [1.29, 1.82) is 0 Å². The maximum absolute atomic E-state index is 4.30. The average Bonchev–Trinajstić information content (AvgIpc) is 2.41. The van der Waals surface area contributed by atoms with Gasteiger partial charge in [0.05, 0.1) is 4.47 Å². The maximum atomic E-state index is 4.30. The summed E-state index contributed by atoms with van der Waals surface area (Å²) in [5.41, 5.74) is 2.46. The number of aryl methyl sites for hydroxylation is 1. The van der Waals surface area contributed by atoms with Gasteiger partial charge in [0.2, 0.25) is 0 Å². The Morgan fingerprint density at radius 3 is 2.28 bits per heavy atom. The van der Waals surface area contributed by atoms with E-state index in [0.29, 0.717) is 0 Å². The van der Waals surface area contributed by atoms with Crippen LogP contribution in [0.1, 0.15) is 31.7 Å². The van der Waals surface area contributed by atoms with E-state index in [9.17, 15) is 0 Å². The number of hydrogen-bond donors (Lipinski definition) is 0. The third-order valence-corrected chi connectivity index (χ3v) is 3.31. The fourth-order valence-corrected chi connectivity index (χ4v) is 2.07. The lowest BCUT2D eigenvalue weighted by Gasteiger charge is -2.03. The maximum Gasteiger partial charge on any atom is 0.159 e. The molecule has 2 aromatic rings. The van der Waals surface area contributed by atoms with Gasteiger partial charge in [0.15, 0.2) is 5.82 Å². The van der Waals surface area contributed by atoms with Crippen LogP contribution in [0.3, 0.4) is 0 Å². The molecule has 2 nitrogen and oxygen atoms in total. The van der Waals surface area contributed by atoms with Crippen molar-refractivity contribution in [3.05, 3.63) is 46.7 Å². The Labute approximate surface area is 117 Å². The Kier molecular flexibility index (Phi) is 4.88. The highest BCUT2D eigenvalue weighted by atomic mass is 79.9. The number of aromatic nitrogens is 2. The number of hydrogen-bond acceptors (Lipinski definition) is 2. The van der Waals surface area contributed by atoms with Crippen LogP contribution < -0.4 is 0 Å². The van der Waals surface area contributed by atoms with Gasteiger partial charge in [-0.2, -0.15) is 0 Å². The van der Waals surface area contributed by atoms with Crippen molar-refractivity contribution in [2.45, 2.75) is 32.6 Å². The number of rotatable bonds is 5. The van der Waals surface area contributed by atoms with Gasteiger partial charge in [-0.25, -0.2) is 9.97 Å². The predicted molar refractivity (Wildman–Crippen MR) is 78.4 cm³/mol. The summed E-state index contributed by atoms with van der Waals surface area (Å²) in [7, 11) is 0. The standard InChI is InChI=1S/C15H17BrN2/c1-2-3-4-5-12-6-8-13(9-7-12)15-17-10-14(16)11-18-15/h6-11H,2-5H2,1H3. The Bertz CT molecular complexity index is 477. The van der Waals surface area contributed by atoms with Gasteiger partial charge in [0.25, 0.3) is 0 Å². The zero-order valence-electron chi connectivity index (χ0n) is 10.6. The van der Waals surface area contributed by atoms with Crippen molar-refractivity contribution in [2.75, 3.05) is 0 Å². The Morgan fingerprint density at radius 2 is 1.67 bits per heavy atom. The lowest BCUT2D eigenvalue weighted by atomic mass is 10.1. The van der Waals surface area contributed by atoms with Crippen molar-refractivity contribution in [2.24, 2.45) is 0 Å². The molecule has 0 bridgehead atoms. The van der Waals surface area contributed by atoms with Crippen LogP contribution in [-0.4, -0.2) is 9.97 Å². The summed E-state index contributed by atoms with van der Waals surface area (Å²) in [4.78, 5) is 8.59. The zero-order chi connectivity index (χ0) is 12.8. The molecule has 94 valence electrons. The lowest BCUT2D eigenvalue weighted by Crippen LogP contribution is -1.89. The van der Waals surface area contributed by atoms with Crippen molar-refractivity contribution in [1.82, 2.24) is 9.97 Å². The van der Waals surface area contributed by atoms with Crippen LogP contribution in [-0.2, 0) is 6.42 Å². The fraction of sp³-hybridized carbons (Fsp3) is 0.333. The van der Waals surface area contributed by atoms with E-state index in [1.54, 1.807) is 12.4 Å². The van der Waals surface area contributed by atoms with Crippen LogP contribution in [0, 0.1) is 0 Å². The molecule has 1 heterocycles. The normalized spacial score (nSPS) is 10.6. The van der Waals surface area contributed by atoms with Gasteiger partial charge in [-0.3, -0.25) is 0 Å². The third-order valence-electron chi connectivity index (χ3n) is 2.90. The summed E-state index contributed by atoms with van der Waals surface area (Å²) < 4.78 is 0.905. The average molecular weight is 305 g/mol. The molecule has 0 spiro atoms. The number of benzene rings is 1. The highest BCUT2D eigenvalue weighted by molar-refractivity contribution is 9.10. The van der Waals surface area contributed by atoms with E-state index < -0.39 is 0 Å². The van der Waals surface area contributed by atoms with Gasteiger partial charge in [-0.15, -0.1) is 0 Å². The zero-order valence-corrected chi connectivity index (χ0v) is 12.2. The summed E-state index contributed by atoms with van der Waals surface area (Å²) in [5, 5.41) is 0. The van der Waals surface area contributed by atoms with Crippen LogP contribution >= 0.6 is 15.9 Å². The van der Waals surface area contributed by atoms with Crippen LogP contribution in [0.4, 0.5) is 0 Å². The Morgan fingerprint density at radius 1 is 1.00 bits per heavy atom. The number of halogens is 1. The summed E-state index contributed by atoms with van der Waals surface area (Å²) >= 11 is 3.34. The fourth-order valence-electron chi connectivity index (χ4n) is 1.86. The van der Waals surface area contributed by atoms with Gasteiger partial charge >= 0.3 is 0 Å². The van der Waals surface area contributed by atoms with Gasteiger partial charge in [0.1, 0.15) is 0 Å². The molecule has 0 aliphatic rings. The van der Waals surface area contributed by atoms with Crippen LogP contribution in [0.2, 0.25) is 0 Å². The smallest absolute Gasteiger partial charge is 0.159 e. The first kappa shape index (κ1) is 13.2. The molecule has 0 atom stereocenters. The van der Waals surface area contributed by atoms with E-state index in [1.807, 2.05) is 0 Å². The molecule has 0 saturated heterocycles. The van der Waals surface area contributed by atoms with Gasteiger partial charge < -0.3 is 0 Å². The van der Waals surface area contributed by atoms with Crippen molar-refractivity contribution in [3.63, 3.8) is 0 Å². The molecule has 0 aliphatic carbocycles. The highest BCUT2D eigenvalue weighted by Crippen LogP contribution is 2.17. The van der Waals surface area contributed by atoms with E-state index in [-0.39, 0.29) is 0 Å². The second kappa shape index (κ2) is 6.64. The molecule has 0 radical (unpaired) electrons. The van der Waals surface area contributed by atoms with Crippen molar-refractivity contribution >= 4 is 15.9 Å². The molecule has 0 aliphatic heterocycles. The molecule has 0 unspecified atom stereocenters. The quantitative estimate of drug-likeness (QED) is 0.752. The minimum Gasteiger partial charge on any atom is -0.235 e. The molecular weight excluding hydrogens is 288 g/mol. The van der Waals surface area contributed by atoms with Gasteiger partial charge in [0, 0.05) is 18.0 Å². The summed E-state index contributed by atoms with van der Waals surface area (Å²) in [6.45, 7) is 2.23. The number of nitrogens with zero attached hydrogens (tertiary/aromatic N) is 2. The molecule has 0 N–H and O–H groups in total. The second-order valence-electron chi connectivity index (χ2n) is 4.38. The Balaban J connectivity index is 2.05. The largest absolute Gasteiger partial charge is 0.235 e. The minimum atomic E-state index is 0.776. The molecule has 1 aromatic carbocycles. The SMILES string of the molecule is CCCCCc1ccc(-c2ncc(Br)cn2)cc1. The topological polar surface area (TPSA) is 25.8 Å². The molecule has 0 saturated carbocycles. The van der Waals surface area contributed by atoms with E-state index in [1.165, 1.54) is 24.8 Å². The first-order valence-corrected chi connectivity index (χ1v) is 7.15. The van der Waals surface area contributed by atoms with E-state index in [0.717, 1.165) is 22.3 Å². The van der Waals surface area contributed by atoms with Crippen LogP contribution in [0.15, 0.2) is 41.1 Å². The number of unbranched alkanes of at least 4 members (excludes halogenated alkanes) is 2. The molecule has 1 aromatic heterocycles. The molecule has 2 rings (SSSR count). The lowest BCUT2D eigenvalue weighted by molar-refractivity contribution is 0.717. The molecular formula is C15H17BrN2. The van der Waals surface area contributed by atoms with Gasteiger partial charge in [-0.1, -0.05) is 44.0 Å². The third kappa shape index (κ3) is 3.64.